The number of rotatable bonds is 2. The Kier molecular flexibility index (Phi) is 2.41. The fourth-order valence-electron chi connectivity index (χ4n) is 1.29. The molecule has 2 rings (SSSR count). The summed E-state index contributed by atoms with van der Waals surface area (Å²) in [6.45, 7) is 5.92. The number of hydrogen-bond donors (Lipinski definition) is 2. The molecule has 2 aromatic rings. The molecular formula is C10H15N5O. The number of H-pyrrole nitrogens is 1. The predicted octanol–water partition coefficient (Wildman–Crippen LogP) is 1.57. The molecule has 0 bridgehead atoms. The number of fused-ring (bicyclic) bond motifs is 1. The number of aromatic nitrogens is 4. The number of nitrogens with one attached hydrogen (secondary N) is 2. The van der Waals surface area contributed by atoms with Crippen molar-refractivity contribution in [2.75, 3.05) is 12.4 Å². The third kappa shape index (κ3) is 2.05. The lowest BCUT2D eigenvalue weighted by Gasteiger charge is -2.20. The van der Waals surface area contributed by atoms with Gasteiger partial charge in [0.1, 0.15) is 11.0 Å². The van der Waals surface area contributed by atoms with Crippen molar-refractivity contribution in [1.29, 1.82) is 0 Å². The van der Waals surface area contributed by atoms with Crippen LogP contribution in [-0.2, 0) is 0 Å². The van der Waals surface area contributed by atoms with Gasteiger partial charge in [-0.05, 0) is 20.8 Å². The topological polar surface area (TPSA) is 75.7 Å². The number of ether oxygens (including phenoxy) is 1. The van der Waals surface area contributed by atoms with Crippen LogP contribution >= 0.6 is 0 Å². The zero-order valence-corrected chi connectivity index (χ0v) is 9.83. The second kappa shape index (κ2) is 3.62. The van der Waals surface area contributed by atoms with E-state index in [4.69, 9.17) is 4.74 Å². The summed E-state index contributed by atoms with van der Waals surface area (Å²) >= 11 is 0. The van der Waals surface area contributed by atoms with Gasteiger partial charge in [-0.25, -0.2) is 0 Å². The van der Waals surface area contributed by atoms with Crippen molar-refractivity contribution in [2.45, 2.75) is 26.4 Å². The summed E-state index contributed by atoms with van der Waals surface area (Å²) in [4.78, 5) is 8.50. The molecule has 0 spiro atoms. The molecule has 16 heavy (non-hydrogen) atoms. The molecule has 2 aromatic heterocycles. The van der Waals surface area contributed by atoms with Crippen LogP contribution in [0.5, 0.6) is 5.88 Å². The zero-order valence-electron chi connectivity index (χ0n) is 9.83. The molecule has 0 aliphatic carbocycles. The fraction of sp³-hybridized carbons (Fsp3) is 0.500. The molecule has 86 valence electrons. The average molecular weight is 221 g/mol. The lowest BCUT2D eigenvalue weighted by Crippen LogP contribution is -2.23. The predicted molar refractivity (Wildman–Crippen MR) is 61.6 cm³/mol. The Morgan fingerprint density at radius 3 is 2.69 bits per heavy atom. The molecule has 0 saturated heterocycles. The number of anilines is 1. The second-order valence-corrected chi connectivity index (χ2v) is 4.45. The van der Waals surface area contributed by atoms with E-state index in [-0.39, 0.29) is 5.60 Å². The molecule has 0 aromatic carbocycles. The van der Waals surface area contributed by atoms with Crippen LogP contribution < -0.4 is 10.1 Å². The smallest absolute Gasteiger partial charge is 0.230 e. The van der Waals surface area contributed by atoms with E-state index in [0.717, 1.165) is 5.39 Å². The van der Waals surface area contributed by atoms with Crippen LogP contribution in [0, 0.1) is 0 Å². The highest BCUT2D eigenvalue weighted by Gasteiger charge is 2.17. The van der Waals surface area contributed by atoms with E-state index < -0.39 is 0 Å². The largest absolute Gasteiger partial charge is 0.471 e. The molecule has 6 nitrogen and oxygen atoms in total. The van der Waals surface area contributed by atoms with Crippen molar-refractivity contribution in [1.82, 2.24) is 20.2 Å². The Labute approximate surface area is 93.4 Å². The maximum absolute atomic E-state index is 5.76. The molecule has 0 atom stereocenters. The summed E-state index contributed by atoms with van der Waals surface area (Å²) in [5.41, 5.74) is 0.363. The SMILES string of the molecule is CNc1nc(OC(C)(C)C)c2cn[nH]c2n1. The normalized spacial score (nSPS) is 11.8. The van der Waals surface area contributed by atoms with Crippen molar-refractivity contribution in [3.8, 4) is 5.88 Å². The van der Waals surface area contributed by atoms with Gasteiger partial charge in [-0.2, -0.15) is 15.1 Å². The molecule has 0 amide bonds. The molecule has 0 saturated carbocycles. The van der Waals surface area contributed by atoms with Gasteiger partial charge in [0, 0.05) is 7.05 Å². The minimum absolute atomic E-state index is 0.302. The minimum Gasteiger partial charge on any atom is -0.471 e. The van der Waals surface area contributed by atoms with Crippen LogP contribution in [0.4, 0.5) is 5.95 Å². The molecule has 0 radical (unpaired) electrons. The number of aromatic amines is 1. The van der Waals surface area contributed by atoms with Gasteiger partial charge >= 0.3 is 0 Å². The first-order valence-corrected chi connectivity index (χ1v) is 5.07. The summed E-state index contributed by atoms with van der Waals surface area (Å²) in [7, 11) is 1.76. The summed E-state index contributed by atoms with van der Waals surface area (Å²) in [5.74, 6) is 1.05. The van der Waals surface area contributed by atoms with Crippen molar-refractivity contribution in [3.63, 3.8) is 0 Å². The number of nitrogens with zero attached hydrogens (tertiary/aromatic N) is 3. The summed E-state index contributed by atoms with van der Waals surface area (Å²) in [6, 6.07) is 0. The average Bonchev–Trinajstić information content (AvgIpc) is 2.63. The lowest BCUT2D eigenvalue weighted by atomic mass is 10.2. The molecule has 6 heteroatoms. The van der Waals surface area contributed by atoms with Gasteiger partial charge in [0.25, 0.3) is 0 Å². The fourth-order valence-corrected chi connectivity index (χ4v) is 1.29. The highest BCUT2D eigenvalue weighted by atomic mass is 16.5. The summed E-state index contributed by atoms with van der Waals surface area (Å²) < 4.78 is 5.76. The Balaban J connectivity index is 2.52. The van der Waals surface area contributed by atoms with Gasteiger partial charge in [0.05, 0.1) is 6.20 Å². The highest BCUT2D eigenvalue weighted by molar-refractivity contribution is 5.80. The van der Waals surface area contributed by atoms with E-state index in [9.17, 15) is 0 Å². The molecule has 2 N–H and O–H groups in total. The van der Waals surface area contributed by atoms with Crippen molar-refractivity contribution < 1.29 is 4.74 Å². The van der Waals surface area contributed by atoms with Crippen LogP contribution in [-0.4, -0.2) is 32.8 Å². The Morgan fingerprint density at radius 2 is 2.06 bits per heavy atom. The van der Waals surface area contributed by atoms with E-state index in [1.807, 2.05) is 20.8 Å². The molecule has 0 aliphatic rings. The van der Waals surface area contributed by atoms with Crippen LogP contribution in [0.3, 0.4) is 0 Å². The Bertz CT molecular complexity index is 499. The second-order valence-electron chi connectivity index (χ2n) is 4.45. The third-order valence-electron chi connectivity index (χ3n) is 1.90. The van der Waals surface area contributed by atoms with E-state index in [1.54, 1.807) is 13.2 Å². The van der Waals surface area contributed by atoms with Crippen LogP contribution in [0.15, 0.2) is 6.20 Å². The van der Waals surface area contributed by atoms with Gasteiger partial charge in [-0.3, -0.25) is 5.10 Å². The first kappa shape index (κ1) is 10.7. The standard InChI is InChI=1S/C10H15N5O/c1-10(2,3)16-8-6-5-12-15-7(6)13-9(11-4)14-8/h5H,1-4H3,(H2,11,12,13,14,15). The first-order chi connectivity index (χ1) is 7.49. The van der Waals surface area contributed by atoms with Crippen LogP contribution in [0.25, 0.3) is 11.0 Å². The minimum atomic E-state index is -0.302. The maximum atomic E-state index is 5.76. The lowest BCUT2D eigenvalue weighted by molar-refractivity contribution is 0.126. The first-order valence-electron chi connectivity index (χ1n) is 5.07. The quantitative estimate of drug-likeness (QED) is 0.805. The summed E-state index contributed by atoms with van der Waals surface area (Å²) in [6.07, 6.45) is 1.66. The molecule has 0 fully saturated rings. The van der Waals surface area contributed by atoms with Crippen molar-refractivity contribution in [2.24, 2.45) is 0 Å². The zero-order chi connectivity index (χ0) is 11.8. The maximum Gasteiger partial charge on any atom is 0.230 e. The Morgan fingerprint density at radius 1 is 1.31 bits per heavy atom. The summed E-state index contributed by atoms with van der Waals surface area (Å²) in [5, 5.41) is 10.4. The van der Waals surface area contributed by atoms with Gasteiger partial charge in [0.2, 0.25) is 11.8 Å². The monoisotopic (exact) mass is 221 g/mol. The van der Waals surface area contributed by atoms with Gasteiger partial charge in [-0.1, -0.05) is 0 Å². The van der Waals surface area contributed by atoms with E-state index in [1.165, 1.54) is 0 Å². The van der Waals surface area contributed by atoms with Crippen LogP contribution in [0.2, 0.25) is 0 Å². The van der Waals surface area contributed by atoms with Crippen molar-refractivity contribution in [3.05, 3.63) is 6.20 Å². The van der Waals surface area contributed by atoms with E-state index >= 15 is 0 Å². The van der Waals surface area contributed by atoms with Gasteiger partial charge in [-0.15, -0.1) is 0 Å². The number of hydrogen-bond acceptors (Lipinski definition) is 5. The third-order valence-corrected chi connectivity index (χ3v) is 1.90. The molecular weight excluding hydrogens is 206 g/mol. The van der Waals surface area contributed by atoms with Gasteiger partial charge < -0.3 is 10.1 Å². The van der Waals surface area contributed by atoms with Crippen molar-refractivity contribution >= 4 is 17.0 Å². The molecule has 2 heterocycles. The molecule has 0 aliphatic heterocycles. The van der Waals surface area contributed by atoms with Crippen LogP contribution in [0.1, 0.15) is 20.8 Å². The highest BCUT2D eigenvalue weighted by Crippen LogP contribution is 2.25. The van der Waals surface area contributed by atoms with E-state index in [0.29, 0.717) is 17.5 Å². The van der Waals surface area contributed by atoms with E-state index in [2.05, 4.69) is 25.5 Å². The van der Waals surface area contributed by atoms with Gasteiger partial charge in [0.15, 0.2) is 5.65 Å². The molecule has 0 unspecified atom stereocenters. The Hall–Kier alpha value is -1.85.